The molecular formula is C17H29N3O2S. The van der Waals surface area contributed by atoms with Gasteiger partial charge in [0.1, 0.15) is 0 Å². The van der Waals surface area contributed by atoms with Crippen LogP contribution in [0.25, 0.3) is 0 Å². The number of benzene rings is 1. The van der Waals surface area contributed by atoms with E-state index in [1.165, 1.54) is 5.56 Å². The van der Waals surface area contributed by atoms with Gasteiger partial charge in [0, 0.05) is 38.8 Å². The predicted octanol–water partition coefficient (Wildman–Crippen LogP) is 1.52. The van der Waals surface area contributed by atoms with Crippen molar-refractivity contribution in [1.29, 1.82) is 0 Å². The average molecular weight is 340 g/mol. The van der Waals surface area contributed by atoms with Crippen molar-refractivity contribution in [2.75, 3.05) is 38.5 Å². The molecule has 6 heteroatoms. The lowest BCUT2D eigenvalue weighted by atomic mass is 10.1. The van der Waals surface area contributed by atoms with Crippen LogP contribution in [0.5, 0.6) is 0 Å². The second-order valence-electron chi connectivity index (χ2n) is 6.23. The van der Waals surface area contributed by atoms with E-state index in [1.807, 2.05) is 0 Å². The molecule has 1 aliphatic rings. The van der Waals surface area contributed by atoms with E-state index in [2.05, 4.69) is 51.8 Å². The van der Waals surface area contributed by atoms with Gasteiger partial charge in [0.05, 0.1) is 5.75 Å². The van der Waals surface area contributed by atoms with Crippen molar-refractivity contribution in [2.45, 2.75) is 32.9 Å². The Hall–Kier alpha value is -0.950. The van der Waals surface area contributed by atoms with Crippen molar-refractivity contribution >= 4 is 10.0 Å². The van der Waals surface area contributed by atoms with Gasteiger partial charge in [-0.1, -0.05) is 30.3 Å². The third kappa shape index (κ3) is 6.22. The molecular weight excluding hydrogens is 310 g/mol. The zero-order valence-electron chi connectivity index (χ0n) is 14.2. The monoisotopic (exact) mass is 339 g/mol. The Bertz CT molecular complexity index is 562. The minimum atomic E-state index is -3.08. The average Bonchev–Trinajstić information content (AvgIpc) is 2.72. The molecule has 1 heterocycles. The molecule has 0 radical (unpaired) electrons. The zero-order valence-corrected chi connectivity index (χ0v) is 15.1. The number of hydrogen-bond acceptors (Lipinski definition) is 4. The second kappa shape index (κ2) is 8.78. The molecule has 2 rings (SSSR count). The Morgan fingerprint density at radius 3 is 2.61 bits per heavy atom. The molecule has 1 fully saturated rings. The van der Waals surface area contributed by atoms with Crippen LogP contribution in [0.2, 0.25) is 0 Å². The van der Waals surface area contributed by atoms with Gasteiger partial charge in [-0.25, -0.2) is 13.1 Å². The maximum absolute atomic E-state index is 11.5. The smallest absolute Gasteiger partial charge is 0.211 e. The molecule has 0 aromatic heterocycles. The summed E-state index contributed by atoms with van der Waals surface area (Å²) < 4.78 is 25.6. The van der Waals surface area contributed by atoms with Gasteiger partial charge in [0.2, 0.25) is 10.0 Å². The van der Waals surface area contributed by atoms with E-state index in [0.717, 1.165) is 39.1 Å². The summed E-state index contributed by atoms with van der Waals surface area (Å²) in [6.45, 7) is 9.26. The number of rotatable bonds is 7. The second-order valence-corrected chi connectivity index (χ2v) is 8.33. The Morgan fingerprint density at radius 1 is 1.17 bits per heavy atom. The summed E-state index contributed by atoms with van der Waals surface area (Å²) in [7, 11) is -3.08. The Labute approximate surface area is 140 Å². The molecule has 1 aromatic carbocycles. The van der Waals surface area contributed by atoms with E-state index in [0.29, 0.717) is 12.6 Å². The van der Waals surface area contributed by atoms with E-state index in [1.54, 1.807) is 6.92 Å². The molecule has 0 unspecified atom stereocenters. The highest BCUT2D eigenvalue weighted by Gasteiger charge is 2.20. The fourth-order valence-corrected chi connectivity index (χ4v) is 3.50. The molecule has 1 atom stereocenters. The van der Waals surface area contributed by atoms with Crippen molar-refractivity contribution in [1.82, 2.24) is 14.5 Å². The van der Waals surface area contributed by atoms with Gasteiger partial charge in [-0.3, -0.25) is 4.90 Å². The molecule has 5 nitrogen and oxygen atoms in total. The fourth-order valence-electron chi connectivity index (χ4n) is 2.89. The van der Waals surface area contributed by atoms with Gasteiger partial charge in [0.15, 0.2) is 0 Å². The van der Waals surface area contributed by atoms with Gasteiger partial charge in [-0.2, -0.15) is 0 Å². The van der Waals surface area contributed by atoms with E-state index in [-0.39, 0.29) is 5.75 Å². The van der Waals surface area contributed by atoms with Crippen molar-refractivity contribution in [3.05, 3.63) is 35.9 Å². The summed E-state index contributed by atoms with van der Waals surface area (Å²) in [6.07, 6.45) is 1.12. The summed E-state index contributed by atoms with van der Waals surface area (Å²) in [5, 5.41) is 0. The number of nitrogens with zero attached hydrogens (tertiary/aromatic N) is 2. The number of sulfonamides is 1. The summed E-state index contributed by atoms with van der Waals surface area (Å²) in [4.78, 5) is 4.88. The molecule has 0 saturated carbocycles. The number of nitrogens with one attached hydrogen (secondary N) is 1. The first kappa shape index (κ1) is 18.4. The normalized spacial score (nSPS) is 21.2. The molecule has 0 aliphatic carbocycles. The van der Waals surface area contributed by atoms with Crippen LogP contribution in [0.3, 0.4) is 0 Å². The first-order valence-corrected chi connectivity index (χ1v) is 10.1. The predicted molar refractivity (Wildman–Crippen MR) is 94.8 cm³/mol. The van der Waals surface area contributed by atoms with Crippen molar-refractivity contribution in [3.8, 4) is 0 Å². The number of hydrogen-bond donors (Lipinski definition) is 1. The van der Waals surface area contributed by atoms with Crippen LogP contribution in [0.15, 0.2) is 30.3 Å². The SMILES string of the molecule is CCS(=O)(=O)NCCN1CC[C@H](C)N(Cc2ccccc2)CC1. The molecule has 0 bridgehead atoms. The van der Waals surface area contributed by atoms with Crippen molar-refractivity contribution in [3.63, 3.8) is 0 Å². The van der Waals surface area contributed by atoms with Gasteiger partial charge < -0.3 is 4.90 Å². The van der Waals surface area contributed by atoms with Crippen molar-refractivity contribution in [2.24, 2.45) is 0 Å². The molecule has 1 saturated heterocycles. The highest BCUT2D eigenvalue weighted by Crippen LogP contribution is 2.14. The lowest BCUT2D eigenvalue weighted by Gasteiger charge is -2.26. The maximum atomic E-state index is 11.5. The molecule has 0 spiro atoms. The van der Waals surface area contributed by atoms with E-state index < -0.39 is 10.0 Å². The molecule has 130 valence electrons. The topological polar surface area (TPSA) is 52.7 Å². The fraction of sp³-hybridized carbons (Fsp3) is 0.647. The maximum Gasteiger partial charge on any atom is 0.211 e. The van der Waals surface area contributed by atoms with Crippen LogP contribution in [0.4, 0.5) is 0 Å². The third-order valence-electron chi connectivity index (χ3n) is 4.55. The van der Waals surface area contributed by atoms with E-state index in [4.69, 9.17) is 0 Å². The summed E-state index contributed by atoms with van der Waals surface area (Å²) in [5.74, 6) is 0.148. The Morgan fingerprint density at radius 2 is 1.91 bits per heavy atom. The summed E-state index contributed by atoms with van der Waals surface area (Å²) in [6, 6.07) is 11.1. The van der Waals surface area contributed by atoms with Gasteiger partial charge in [0.25, 0.3) is 0 Å². The molecule has 0 amide bonds. The van der Waals surface area contributed by atoms with Gasteiger partial charge in [-0.05, 0) is 32.4 Å². The van der Waals surface area contributed by atoms with Crippen LogP contribution in [-0.4, -0.2) is 62.7 Å². The Kier molecular flexibility index (Phi) is 7.02. The summed E-state index contributed by atoms with van der Waals surface area (Å²) >= 11 is 0. The van der Waals surface area contributed by atoms with E-state index >= 15 is 0 Å². The molecule has 1 aliphatic heterocycles. The standard InChI is InChI=1S/C17H29N3O2S/c1-3-23(21,22)18-10-12-19-11-9-16(2)20(14-13-19)15-17-7-5-4-6-8-17/h4-8,16,18H,3,9-15H2,1-2H3/t16-/m0/s1. The third-order valence-corrected chi connectivity index (χ3v) is 5.95. The Balaban J connectivity index is 1.81. The van der Waals surface area contributed by atoms with Crippen LogP contribution in [0, 0.1) is 0 Å². The zero-order chi connectivity index (χ0) is 16.7. The molecule has 1 aromatic rings. The van der Waals surface area contributed by atoms with Gasteiger partial charge in [-0.15, -0.1) is 0 Å². The lowest BCUT2D eigenvalue weighted by molar-refractivity contribution is 0.206. The highest BCUT2D eigenvalue weighted by molar-refractivity contribution is 7.89. The van der Waals surface area contributed by atoms with E-state index in [9.17, 15) is 8.42 Å². The van der Waals surface area contributed by atoms with Crippen LogP contribution in [0.1, 0.15) is 25.8 Å². The molecule has 1 N–H and O–H groups in total. The lowest BCUT2D eigenvalue weighted by Crippen LogP contribution is -2.37. The minimum Gasteiger partial charge on any atom is -0.301 e. The molecule has 23 heavy (non-hydrogen) atoms. The van der Waals surface area contributed by atoms with Crippen LogP contribution in [-0.2, 0) is 16.6 Å². The minimum absolute atomic E-state index is 0.148. The first-order valence-electron chi connectivity index (χ1n) is 8.48. The van der Waals surface area contributed by atoms with Gasteiger partial charge >= 0.3 is 0 Å². The first-order chi connectivity index (χ1) is 11.0. The quantitative estimate of drug-likeness (QED) is 0.818. The largest absolute Gasteiger partial charge is 0.301 e. The highest BCUT2D eigenvalue weighted by atomic mass is 32.2. The van der Waals surface area contributed by atoms with Crippen molar-refractivity contribution < 1.29 is 8.42 Å². The van der Waals surface area contributed by atoms with Crippen LogP contribution < -0.4 is 4.72 Å². The van der Waals surface area contributed by atoms with Crippen LogP contribution >= 0.6 is 0 Å². The summed E-state index contributed by atoms with van der Waals surface area (Å²) in [5.41, 5.74) is 1.35.